The molecule has 0 aromatic heterocycles. The van der Waals surface area contributed by atoms with Gasteiger partial charge in [-0.1, -0.05) is 0 Å². The number of anilines is 1. The molecule has 0 atom stereocenters. The molecule has 0 saturated heterocycles. The van der Waals surface area contributed by atoms with Crippen LogP contribution in [0.15, 0.2) is 24.3 Å². The van der Waals surface area contributed by atoms with Crippen molar-refractivity contribution in [3.05, 3.63) is 29.8 Å². The predicted molar refractivity (Wildman–Crippen MR) is 55.0 cm³/mol. The third-order valence-electron chi connectivity index (χ3n) is 1.79. The van der Waals surface area contributed by atoms with Crippen LogP contribution < -0.4 is 10.9 Å². The van der Waals surface area contributed by atoms with Gasteiger partial charge in [0.05, 0.1) is 17.9 Å². The van der Waals surface area contributed by atoms with E-state index >= 15 is 0 Å². The summed E-state index contributed by atoms with van der Waals surface area (Å²) >= 11 is 0. The lowest BCUT2D eigenvalue weighted by atomic mass is 10.2. The summed E-state index contributed by atoms with van der Waals surface area (Å²) in [6, 6.07) is 6.92. The summed E-state index contributed by atoms with van der Waals surface area (Å²) in [6.07, 6.45) is 0. The van der Waals surface area contributed by atoms with Crippen LogP contribution >= 0.6 is 0 Å². The Labute approximate surface area is 83.2 Å². The zero-order valence-corrected chi connectivity index (χ0v) is 8.36. The number of hydrogen-bond acceptors (Lipinski definition) is 4. The number of benzene rings is 1. The Bertz CT molecular complexity index is 306. The Kier molecular flexibility index (Phi) is 3.48. The summed E-state index contributed by atoms with van der Waals surface area (Å²) < 4.78 is 4.84. The molecule has 1 aromatic rings. The van der Waals surface area contributed by atoms with Crippen molar-refractivity contribution in [3.8, 4) is 0 Å². The number of esters is 1. The fraction of sp³-hybridized carbons (Fsp3) is 0.300. The van der Waals surface area contributed by atoms with Gasteiger partial charge in [0.2, 0.25) is 0 Å². The molecule has 0 aliphatic carbocycles. The molecular formula is C10H14N2O2. The third kappa shape index (κ3) is 2.47. The van der Waals surface area contributed by atoms with Gasteiger partial charge in [-0.05, 0) is 31.2 Å². The minimum Gasteiger partial charge on any atom is -0.462 e. The number of ether oxygens (including phenoxy) is 1. The van der Waals surface area contributed by atoms with Crippen molar-refractivity contribution >= 4 is 11.7 Å². The first-order chi connectivity index (χ1) is 6.65. The van der Waals surface area contributed by atoms with Gasteiger partial charge in [0.25, 0.3) is 0 Å². The smallest absolute Gasteiger partial charge is 0.338 e. The van der Waals surface area contributed by atoms with Gasteiger partial charge in [0, 0.05) is 7.05 Å². The minimum absolute atomic E-state index is 0.307. The van der Waals surface area contributed by atoms with Crippen LogP contribution in [0.3, 0.4) is 0 Å². The molecule has 0 saturated carbocycles. The Hall–Kier alpha value is -1.55. The molecule has 76 valence electrons. The van der Waals surface area contributed by atoms with E-state index in [0.717, 1.165) is 5.69 Å². The standard InChI is InChI=1S/C10H14N2O2/c1-3-14-10(13)8-4-6-9(7-5-8)12(2)11/h4-7H,3,11H2,1-2H3. The zero-order valence-electron chi connectivity index (χ0n) is 8.36. The molecule has 14 heavy (non-hydrogen) atoms. The molecule has 0 heterocycles. The highest BCUT2D eigenvalue weighted by Crippen LogP contribution is 2.11. The summed E-state index contributed by atoms with van der Waals surface area (Å²) in [4.78, 5) is 11.3. The van der Waals surface area contributed by atoms with Crippen LogP contribution in [0.4, 0.5) is 5.69 Å². The van der Waals surface area contributed by atoms with Gasteiger partial charge < -0.3 is 9.75 Å². The van der Waals surface area contributed by atoms with E-state index in [1.807, 2.05) is 0 Å². The number of hydrogen-bond donors (Lipinski definition) is 1. The van der Waals surface area contributed by atoms with Gasteiger partial charge >= 0.3 is 5.97 Å². The van der Waals surface area contributed by atoms with E-state index in [4.69, 9.17) is 10.6 Å². The molecule has 0 aliphatic heterocycles. The lowest BCUT2D eigenvalue weighted by molar-refractivity contribution is 0.0526. The molecular weight excluding hydrogens is 180 g/mol. The van der Waals surface area contributed by atoms with Gasteiger partial charge in [-0.25, -0.2) is 10.6 Å². The highest BCUT2D eigenvalue weighted by Gasteiger charge is 2.05. The van der Waals surface area contributed by atoms with Crippen LogP contribution in [0.1, 0.15) is 17.3 Å². The number of rotatable bonds is 3. The third-order valence-corrected chi connectivity index (χ3v) is 1.79. The minimum atomic E-state index is -0.307. The number of carbonyl (C=O) groups excluding carboxylic acids is 1. The molecule has 0 radical (unpaired) electrons. The molecule has 1 aromatic carbocycles. The van der Waals surface area contributed by atoms with Crippen molar-refractivity contribution in [2.24, 2.45) is 5.84 Å². The quantitative estimate of drug-likeness (QED) is 0.446. The van der Waals surface area contributed by atoms with Crippen LogP contribution in [0.25, 0.3) is 0 Å². The van der Waals surface area contributed by atoms with E-state index in [1.165, 1.54) is 5.01 Å². The van der Waals surface area contributed by atoms with Crippen molar-refractivity contribution in [1.82, 2.24) is 0 Å². The number of nitrogens with zero attached hydrogens (tertiary/aromatic N) is 1. The largest absolute Gasteiger partial charge is 0.462 e. The summed E-state index contributed by atoms with van der Waals surface area (Å²) in [5.41, 5.74) is 1.38. The Morgan fingerprint density at radius 2 is 2.00 bits per heavy atom. The molecule has 4 nitrogen and oxygen atoms in total. The van der Waals surface area contributed by atoms with Crippen molar-refractivity contribution in [1.29, 1.82) is 0 Å². The first-order valence-corrected chi connectivity index (χ1v) is 4.40. The van der Waals surface area contributed by atoms with Gasteiger partial charge in [0.1, 0.15) is 0 Å². The summed E-state index contributed by atoms with van der Waals surface area (Å²) in [5, 5.41) is 1.48. The Morgan fingerprint density at radius 1 is 1.43 bits per heavy atom. The van der Waals surface area contributed by atoms with Gasteiger partial charge in [-0.2, -0.15) is 0 Å². The van der Waals surface area contributed by atoms with Gasteiger partial charge in [-0.15, -0.1) is 0 Å². The van der Waals surface area contributed by atoms with E-state index < -0.39 is 0 Å². The van der Waals surface area contributed by atoms with Crippen LogP contribution in [-0.4, -0.2) is 19.6 Å². The second kappa shape index (κ2) is 4.62. The molecule has 0 fully saturated rings. The molecule has 4 heteroatoms. The topological polar surface area (TPSA) is 55.6 Å². The molecule has 0 aliphatic rings. The molecule has 1 rings (SSSR count). The highest BCUT2D eigenvalue weighted by molar-refractivity contribution is 5.89. The van der Waals surface area contributed by atoms with E-state index in [-0.39, 0.29) is 5.97 Å². The zero-order chi connectivity index (χ0) is 10.6. The van der Waals surface area contributed by atoms with Crippen molar-refractivity contribution in [3.63, 3.8) is 0 Å². The number of hydrazine groups is 1. The first-order valence-electron chi connectivity index (χ1n) is 4.40. The second-order valence-corrected chi connectivity index (χ2v) is 2.88. The van der Waals surface area contributed by atoms with Gasteiger partial charge in [-0.3, -0.25) is 0 Å². The fourth-order valence-corrected chi connectivity index (χ4v) is 1.05. The van der Waals surface area contributed by atoms with E-state index in [2.05, 4.69) is 0 Å². The van der Waals surface area contributed by atoms with Crippen LogP contribution in [-0.2, 0) is 4.74 Å². The molecule has 0 spiro atoms. The number of nitrogens with two attached hydrogens (primary N) is 1. The average molecular weight is 194 g/mol. The highest BCUT2D eigenvalue weighted by atomic mass is 16.5. The SMILES string of the molecule is CCOC(=O)c1ccc(N(C)N)cc1. The van der Waals surface area contributed by atoms with Crippen molar-refractivity contribution < 1.29 is 9.53 Å². The lowest BCUT2D eigenvalue weighted by Gasteiger charge is -2.11. The molecule has 0 amide bonds. The Morgan fingerprint density at radius 3 is 2.43 bits per heavy atom. The van der Waals surface area contributed by atoms with Crippen LogP contribution in [0.5, 0.6) is 0 Å². The van der Waals surface area contributed by atoms with E-state index in [0.29, 0.717) is 12.2 Å². The monoisotopic (exact) mass is 194 g/mol. The maximum absolute atomic E-state index is 11.3. The molecule has 2 N–H and O–H groups in total. The Balaban J connectivity index is 2.78. The van der Waals surface area contributed by atoms with Crippen molar-refractivity contribution in [2.75, 3.05) is 18.7 Å². The van der Waals surface area contributed by atoms with E-state index in [9.17, 15) is 4.79 Å². The van der Waals surface area contributed by atoms with E-state index in [1.54, 1.807) is 38.2 Å². The maximum atomic E-state index is 11.3. The fourth-order valence-electron chi connectivity index (χ4n) is 1.05. The summed E-state index contributed by atoms with van der Waals surface area (Å²) in [5.74, 6) is 5.21. The van der Waals surface area contributed by atoms with Crippen LogP contribution in [0, 0.1) is 0 Å². The molecule has 0 bridgehead atoms. The first kappa shape index (κ1) is 10.5. The van der Waals surface area contributed by atoms with Crippen molar-refractivity contribution in [2.45, 2.75) is 6.92 Å². The second-order valence-electron chi connectivity index (χ2n) is 2.88. The lowest BCUT2D eigenvalue weighted by Crippen LogP contribution is -2.24. The van der Waals surface area contributed by atoms with Gasteiger partial charge in [0.15, 0.2) is 0 Å². The van der Waals surface area contributed by atoms with Crippen LogP contribution in [0.2, 0.25) is 0 Å². The molecule has 0 unspecified atom stereocenters. The summed E-state index contributed by atoms with van der Waals surface area (Å²) in [6.45, 7) is 2.16. The maximum Gasteiger partial charge on any atom is 0.338 e. The number of carbonyl (C=O) groups is 1. The summed E-state index contributed by atoms with van der Waals surface area (Å²) in [7, 11) is 1.74. The average Bonchev–Trinajstić information content (AvgIpc) is 2.18. The normalized spacial score (nSPS) is 9.64. The predicted octanol–water partition coefficient (Wildman–Crippen LogP) is 1.17.